The molecule has 6 nitrogen and oxygen atoms in total. The van der Waals surface area contributed by atoms with Crippen molar-refractivity contribution in [1.29, 1.82) is 0 Å². The monoisotopic (exact) mass is 219 g/mol. The molecule has 0 atom stereocenters. The fourth-order valence-corrected chi connectivity index (χ4v) is 1.17. The van der Waals surface area contributed by atoms with Crippen molar-refractivity contribution < 1.29 is 4.52 Å². The first-order chi connectivity index (χ1) is 7.75. The highest BCUT2D eigenvalue weighted by Crippen LogP contribution is 2.09. The van der Waals surface area contributed by atoms with Gasteiger partial charge in [-0.1, -0.05) is 5.16 Å². The summed E-state index contributed by atoms with van der Waals surface area (Å²) in [7, 11) is 3.80. The molecule has 2 aromatic heterocycles. The van der Waals surface area contributed by atoms with Crippen LogP contribution in [0.4, 0.5) is 11.8 Å². The summed E-state index contributed by atoms with van der Waals surface area (Å²) in [6.45, 7) is 0.559. The Labute approximate surface area is 93.3 Å². The summed E-state index contributed by atoms with van der Waals surface area (Å²) in [5.74, 6) is 2.20. The number of rotatable bonds is 4. The summed E-state index contributed by atoms with van der Waals surface area (Å²) in [5.41, 5.74) is 0. The van der Waals surface area contributed by atoms with Crippen molar-refractivity contribution >= 4 is 11.8 Å². The van der Waals surface area contributed by atoms with Gasteiger partial charge in [-0.05, 0) is 6.07 Å². The first-order valence-electron chi connectivity index (χ1n) is 4.89. The minimum atomic E-state index is 0.559. The van der Waals surface area contributed by atoms with E-state index in [1.165, 1.54) is 0 Å². The summed E-state index contributed by atoms with van der Waals surface area (Å²) < 4.78 is 4.97. The van der Waals surface area contributed by atoms with Gasteiger partial charge in [0.05, 0.1) is 12.7 Å². The molecule has 2 heterocycles. The van der Waals surface area contributed by atoms with Crippen LogP contribution in [-0.2, 0) is 6.54 Å². The Hall–Kier alpha value is -2.11. The normalized spacial score (nSPS) is 10.1. The molecule has 0 aliphatic rings. The lowest BCUT2D eigenvalue weighted by molar-refractivity contribution is 0.388. The van der Waals surface area contributed by atoms with Crippen LogP contribution in [0.2, 0.25) is 0 Å². The number of hydrogen-bond acceptors (Lipinski definition) is 6. The Kier molecular flexibility index (Phi) is 3.00. The first kappa shape index (κ1) is 10.4. The zero-order chi connectivity index (χ0) is 11.4. The van der Waals surface area contributed by atoms with Crippen LogP contribution >= 0.6 is 0 Å². The maximum Gasteiger partial charge on any atom is 0.226 e. The highest BCUT2D eigenvalue weighted by Gasteiger charge is 2.01. The number of hydrogen-bond donors (Lipinski definition) is 1. The van der Waals surface area contributed by atoms with E-state index >= 15 is 0 Å². The number of nitrogens with zero attached hydrogens (tertiary/aromatic N) is 4. The van der Waals surface area contributed by atoms with Crippen molar-refractivity contribution in [3.05, 3.63) is 30.3 Å². The van der Waals surface area contributed by atoms with Crippen LogP contribution in [0.3, 0.4) is 0 Å². The van der Waals surface area contributed by atoms with Gasteiger partial charge < -0.3 is 14.7 Å². The Morgan fingerprint density at radius 2 is 2.19 bits per heavy atom. The van der Waals surface area contributed by atoms with Gasteiger partial charge in [-0.25, -0.2) is 4.98 Å². The summed E-state index contributed by atoms with van der Waals surface area (Å²) in [4.78, 5) is 10.3. The molecule has 0 aliphatic carbocycles. The van der Waals surface area contributed by atoms with E-state index in [9.17, 15) is 0 Å². The minimum absolute atomic E-state index is 0.559. The van der Waals surface area contributed by atoms with Crippen LogP contribution in [0.1, 0.15) is 5.76 Å². The SMILES string of the molecule is CN(C)c1nccc(NCc2ccno2)n1. The first-order valence-corrected chi connectivity index (χ1v) is 4.89. The Morgan fingerprint density at radius 1 is 1.31 bits per heavy atom. The molecule has 0 radical (unpaired) electrons. The molecule has 2 rings (SSSR count). The highest BCUT2D eigenvalue weighted by atomic mass is 16.5. The van der Waals surface area contributed by atoms with Crippen LogP contribution in [-0.4, -0.2) is 29.2 Å². The van der Waals surface area contributed by atoms with Gasteiger partial charge in [-0.2, -0.15) is 4.98 Å². The second-order valence-corrected chi connectivity index (χ2v) is 3.47. The molecule has 0 saturated carbocycles. The molecule has 0 bridgehead atoms. The smallest absolute Gasteiger partial charge is 0.226 e. The third-order valence-electron chi connectivity index (χ3n) is 1.98. The molecule has 2 aromatic rings. The van der Waals surface area contributed by atoms with E-state index in [4.69, 9.17) is 4.52 Å². The fourth-order valence-electron chi connectivity index (χ4n) is 1.17. The van der Waals surface area contributed by atoms with Crippen LogP contribution in [0, 0.1) is 0 Å². The lowest BCUT2D eigenvalue weighted by Gasteiger charge is -2.10. The maximum atomic E-state index is 4.97. The highest BCUT2D eigenvalue weighted by molar-refractivity contribution is 5.40. The lowest BCUT2D eigenvalue weighted by atomic mass is 10.4. The third kappa shape index (κ3) is 2.47. The number of aromatic nitrogens is 3. The van der Waals surface area contributed by atoms with Crippen molar-refractivity contribution in [3.8, 4) is 0 Å². The van der Waals surface area contributed by atoms with Gasteiger partial charge in [0.25, 0.3) is 0 Å². The zero-order valence-electron chi connectivity index (χ0n) is 9.21. The van der Waals surface area contributed by atoms with E-state index < -0.39 is 0 Å². The molecule has 0 fully saturated rings. The van der Waals surface area contributed by atoms with Crippen LogP contribution < -0.4 is 10.2 Å². The van der Waals surface area contributed by atoms with Gasteiger partial charge in [0.2, 0.25) is 5.95 Å². The van der Waals surface area contributed by atoms with Crippen molar-refractivity contribution in [3.63, 3.8) is 0 Å². The van der Waals surface area contributed by atoms with E-state index in [2.05, 4.69) is 20.4 Å². The van der Waals surface area contributed by atoms with Crippen molar-refractivity contribution in [2.75, 3.05) is 24.3 Å². The lowest BCUT2D eigenvalue weighted by Crippen LogP contribution is -2.13. The van der Waals surface area contributed by atoms with Gasteiger partial charge in [0.15, 0.2) is 5.76 Å². The second-order valence-electron chi connectivity index (χ2n) is 3.47. The molecule has 6 heteroatoms. The molecule has 0 spiro atoms. The molecule has 0 aliphatic heterocycles. The van der Waals surface area contributed by atoms with Crippen molar-refractivity contribution in [1.82, 2.24) is 15.1 Å². The van der Waals surface area contributed by atoms with E-state index in [-0.39, 0.29) is 0 Å². The Bertz CT molecular complexity index is 440. The topological polar surface area (TPSA) is 67.1 Å². The zero-order valence-corrected chi connectivity index (χ0v) is 9.21. The molecule has 0 saturated heterocycles. The number of anilines is 2. The van der Waals surface area contributed by atoms with Crippen molar-refractivity contribution in [2.45, 2.75) is 6.54 Å². The predicted octanol–water partition coefficient (Wildman–Crippen LogP) is 1.14. The summed E-state index contributed by atoms with van der Waals surface area (Å²) >= 11 is 0. The molecule has 1 N–H and O–H groups in total. The summed E-state index contributed by atoms with van der Waals surface area (Å²) in [6.07, 6.45) is 3.33. The van der Waals surface area contributed by atoms with Gasteiger partial charge in [0, 0.05) is 26.4 Å². The molecular formula is C10H13N5O. The third-order valence-corrected chi connectivity index (χ3v) is 1.98. The molecule has 0 unspecified atom stereocenters. The van der Waals surface area contributed by atoms with Gasteiger partial charge in [-0.15, -0.1) is 0 Å². The average molecular weight is 219 g/mol. The minimum Gasteiger partial charge on any atom is -0.363 e. The molecule has 16 heavy (non-hydrogen) atoms. The predicted molar refractivity (Wildman–Crippen MR) is 60.2 cm³/mol. The average Bonchev–Trinajstić information content (AvgIpc) is 2.79. The maximum absolute atomic E-state index is 4.97. The second kappa shape index (κ2) is 4.61. The van der Waals surface area contributed by atoms with Crippen LogP contribution in [0.25, 0.3) is 0 Å². The van der Waals surface area contributed by atoms with Crippen LogP contribution in [0.5, 0.6) is 0 Å². The van der Waals surface area contributed by atoms with Gasteiger partial charge >= 0.3 is 0 Å². The quantitative estimate of drug-likeness (QED) is 0.831. The molecule has 0 aromatic carbocycles. The molecule has 0 amide bonds. The van der Waals surface area contributed by atoms with E-state index in [0.29, 0.717) is 12.5 Å². The largest absolute Gasteiger partial charge is 0.363 e. The Balaban J connectivity index is 2.01. The summed E-state index contributed by atoms with van der Waals surface area (Å²) in [6, 6.07) is 3.62. The van der Waals surface area contributed by atoms with E-state index in [1.54, 1.807) is 18.5 Å². The fraction of sp³-hybridized carbons (Fsp3) is 0.300. The van der Waals surface area contributed by atoms with E-state index in [0.717, 1.165) is 11.6 Å². The standard InChI is InChI=1S/C10H13N5O/c1-15(2)10-11-5-4-9(14-10)12-7-8-3-6-13-16-8/h3-6H,7H2,1-2H3,(H,11,12,14). The van der Waals surface area contributed by atoms with Gasteiger partial charge in [-0.3, -0.25) is 0 Å². The van der Waals surface area contributed by atoms with E-state index in [1.807, 2.05) is 25.1 Å². The van der Waals surface area contributed by atoms with Crippen LogP contribution in [0.15, 0.2) is 29.0 Å². The number of nitrogens with one attached hydrogen (secondary N) is 1. The summed E-state index contributed by atoms with van der Waals surface area (Å²) in [5, 5.41) is 6.76. The Morgan fingerprint density at radius 3 is 2.88 bits per heavy atom. The van der Waals surface area contributed by atoms with Crippen molar-refractivity contribution in [2.24, 2.45) is 0 Å². The molecule has 84 valence electrons. The molecular weight excluding hydrogens is 206 g/mol. The van der Waals surface area contributed by atoms with Gasteiger partial charge in [0.1, 0.15) is 5.82 Å².